The summed E-state index contributed by atoms with van der Waals surface area (Å²) in [5.41, 5.74) is 3.46. The highest BCUT2D eigenvalue weighted by Crippen LogP contribution is 2.66. The van der Waals surface area contributed by atoms with Crippen LogP contribution in [0.1, 0.15) is 61.6 Å². The van der Waals surface area contributed by atoms with Gasteiger partial charge in [0.1, 0.15) is 0 Å². The molecule has 0 unspecified atom stereocenters. The number of ether oxygens (including phenoxy) is 1. The third-order valence-corrected chi connectivity index (χ3v) is 10.8. The molecule has 1 aliphatic heterocycles. The molecule has 4 aliphatic carbocycles. The number of sulfone groups is 1. The maximum absolute atomic E-state index is 13.5. The van der Waals surface area contributed by atoms with E-state index < -0.39 is 15.3 Å². The number of likely N-dealkylation sites (N-methyl/N-ethyl adjacent to an activating group) is 1. The molecular weight excluding hydrogens is 438 g/mol. The van der Waals surface area contributed by atoms with E-state index in [4.69, 9.17) is 4.74 Å². The Labute approximate surface area is 197 Å². The van der Waals surface area contributed by atoms with Crippen molar-refractivity contribution in [3.8, 4) is 0 Å². The van der Waals surface area contributed by atoms with E-state index in [2.05, 4.69) is 32.0 Å². The lowest BCUT2D eigenvalue weighted by atomic mass is 9.43. The number of amides is 1. The summed E-state index contributed by atoms with van der Waals surface area (Å²) in [5.74, 6) is 0.617. The molecule has 1 aromatic carbocycles. The van der Waals surface area contributed by atoms with Crippen LogP contribution in [-0.2, 0) is 29.6 Å². The van der Waals surface area contributed by atoms with E-state index in [9.17, 15) is 18.0 Å². The zero-order valence-corrected chi connectivity index (χ0v) is 20.7. The molecule has 6 nitrogen and oxygen atoms in total. The van der Waals surface area contributed by atoms with E-state index in [1.54, 1.807) is 7.05 Å². The van der Waals surface area contributed by atoms with Gasteiger partial charge in [-0.1, -0.05) is 18.2 Å². The minimum Gasteiger partial charge on any atom is -0.455 e. The average molecular weight is 474 g/mol. The lowest BCUT2D eigenvalue weighted by Crippen LogP contribution is -2.57. The summed E-state index contributed by atoms with van der Waals surface area (Å²) >= 11 is 0. The Hall–Kier alpha value is -1.89. The third kappa shape index (κ3) is 4.00. The molecule has 1 aromatic rings. The van der Waals surface area contributed by atoms with E-state index in [-0.39, 0.29) is 41.4 Å². The quantitative estimate of drug-likeness (QED) is 0.613. The van der Waals surface area contributed by atoms with Crippen molar-refractivity contribution < 1.29 is 22.7 Å². The van der Waals surface area contributed by atoms with E-state index in [0.29, 0.717) is 18.3 Å². The Bertz CT molecular complexity index is 1080. The Morgan fingerprint density at radius 1 is 1.09 bits per heavy atom. The van der Waals surface area contributed by atoms with Gasteiger partial charge in [-0.3, -0.25) is 9.59 Å². The Balaban J connectivity index is 1.30. The van der Waals surface area contributed by atoms with Gasteiger partial charge in [0.2, 0.25) is 0 Å². The summed E-state index contributed by atoms with van der Waals surface area (Å²) in [6.45, 7) is 3.98. The van der Waals surface area contributed by atoms with E-state index in [1.165, 1.54) is 28.0 Å². The summed E-state index contributed by atoms with van der Waals surface area (Å²) < 4.78 is 29.2. The van der Waals surface area contributed by atoms with Crippen molar-refractivity contribution in [2.24, 2.45) is 17.3 Å². The fraction of sp³-hybridized carbons (Fsp3) is 0.692. The summed E-state index contributed by atoms with van der Waals surface area (Å²) in [6.07, 6.45) is 6.44. The van der Waals surface area contributed by atoms with Gasteiger partial charge in [-0.25, -0.2) is 8.42 Å². The van der Waals surface area contributed by atoms with Gasteiger partial charge < -0.3 is 9.64 Å². The first-order chi connectivity index (χ1) is 15.5. The molecule has 0 aromatic heterocycles. The highest BCUT2D eigenvalue weighted by Gasteiger charge is 2.61. The van der Waals surface area contributed by atoms with Crippen molar-refractivity contribution in [3.05, 3.63) is 34.9 Å². The number of hydrogen-bond donors (Lipinski definition) is 0. The molecule has 7 heteroatoms. The molecule has 6 rings (SSSR count). The van der Waals surface area contributed by atoms with Gasteiger partial charge in [-0.2, -0.15) is 0 Å². The summed E-state index contributed by atoms with van der Waals surface area (Å²) in [6, 6.07) is 6.44. The van der Waals surface area contributed by atoms with E-state index in [1.807, 2.05) is 0 Å². The first kappa shape index (κ1) is 22.9. The summed E-state index contributed by atoms with van der Waals surface area (Å²) in [4.78, 5) is 27.6. The van der Waals surface area contributed by atoms with Crippen LogP contribution in [-0.4, -0.2) is 56.4 Å². The molecule has 1 heterocycles. The summed E-state index contributed by atoms with van der Waals surface area (Å²) in [5, 5.41) is 0. The van der Waals surface area contributed by atoms with E-state index >= 15 is 0 Å². The number of aryl methyl sites for hydroxylation is 2. The van der Waals surface area contributed by atoms with Gasteiger partial charge in [-0.15, -0.1) is 0 Å². The van der Waals surface area contributed by atoms with Gasteiger partial charge in [0.25, 0.3) is 5.91 Å². The van der Waals surface area contributed by atoms with Crippen LogP contribution in [0.2, 0.25) is 0 Å². The molecule has 1 saturated heterocycles. The van der Waals surface area contributed by atoms with Crippen LogP contribution in [0.25, 0.3) is 0 Å². The first-order valence-electron chi connectivity index (χ1n) is 12.2. The second-order valence-corrected chi connectivity index (χ2v) is 13.7. The zero-order chi connectivity index (χ0) is 23.6. The highest BCUT2D eigenvalue weighted by atomic mass is 32.2. The maximum Gasteiger partial charge on any atom is 0.312 e. The molecule has 1 amide bonds. The maximum atomic E-state index is 13.5. The Kier molecular flexibility index (Phi) is 5.42. The number of carbonyl (C=O) groups is 2. The number of benzene rings is 1. The third-order valence-electron chi connectivity index (χ3n) is 9.09. The molecule has 180 valence electrons. The van der Waals surface area contributed by atoms with Crippen molar-refractivity contribution >= 4 is 21.7 Å². The molecule has 3 atom stereocenters. The number of nitrogens with zero attached hydrogens (tertiary/aromatic N) is 1. The van der Waals surface area contributed by atoms with Crippen molar-refractivity contribution in [2.75, 3.05) is 25.2 Å². The van der Waals surface area contributed by atoms with Crippen LogP contribution >= 0.6 is 0 Å². The fourth-order valence-corrected chi connectivity index (χ4v) is 9.35. The van der Waals surface area contributed by atoms with Crippen LogP contribution in [0.5, 0.6) is 0 Å². The summed E-state index contributed by atoms with van der Waals surface area (Å²) in [7, 11) is -1.46. The van der Waals surface area contributed by atoms with Crippen molar-refractivity contribution in [3.63, 3.8) is 0 Å². The van der Waals surface area contributed by atoms with Gasteiger partial charge >= 0.3 is 5.97 Å². The number of hydrogen-bond acceptors (Lipinski definition) is 5. The average Bonchev–Trinajstić information content (AvgIpc) is 3.11. The van der Waals surface area contributed by atoms with Gasteiger partial charge in [0.05, 0.1) is 16.9 Å². The number of carbonyl (C=O) groups excluding carboxylic acids is 2. The van der Waals surface area contributed by atoms with E-state index in [0.717, 1.165) is 32.1 Å². The molecule has 0 spiro atoms. The smallest absolute Gasteiger partial charge is 0.312 e. The zero-order valence-electron chi connectivity index (χ0n) is 19.9. The monoisotopic (exact) mass is 473 g/mol. The number of rotatable bonds is 5. The minimum absolute atomic E-state index is 0.00499. The predicted octanol–water partition coefficient (Wildman–Crippen LogP) is 3.33. The lowest BCUT2D eigenvalue weighted by Gasteiger charge is -2.61. The topological polar surface area (TPSA) is 80.8 Å². The van der Waals surface area contributed by atoms with Gasteiger partial charge in [0, 0.05) is 13.1 Å². The van der Waals surface area contributed by atoms with Crippen LogP contribution < -0.4 is 0 Å². The predicted molar refractivity (Wildman–Crippen MR) is 125 cm³/mol. The highest BCUT2D eigenvalue weighted by molar-refractivity contribution is 7.91. The van der Waals surface area contributed by atoms with Crippen LogP contribution in [0.4, 0.5) is 0 Å². The second kappa shape index (κ2) is 7.82. The fourth-order valence-electron chi connectivity index (χ4n) is 7.58. The largest absolute Gasteiger partial charge is 0.455 e. The van der Waals surface area contributed by atoms with Crippen molar-refractivity contribution in [1.29, 1.82) is 0 Å². The molecule has 4 bridgehead atoms. The molecule has 0 N–H and O–H groups in total. The van der Waals surface area contributed by atoms with Crippen LogP contribution in [0, 0.1) is 31.1 Å². The molecule has 4 saturated carbocycles. The van der Waals surface area contributed by atoms with Crippen LogP contribution in [0.15, 0.2) is 18.2 Å². The molecule has 5 aliphatic rings. The molecule has 5 fully saturated rings. The SMILES string of the molecule is Cc1ccc(C23C[C@H]4C[C@@H](CC(C(=O)OCC(=O)N(C)[C@@H]5CCS(=O)(=O)C5)(C4)C2)C3)cc1C. The van der Waals surface area contributed by atoms with Gasteiger partial charge in [-0.05, 0) is 92.7 Å². The van der Waals surface area contributed by atoms with Crippen molar-refractivity contribution in [1.82, 2.24) is 4.90 Å². The van der Waals surface area contributed by atoms with Crippen molar-refractivity contribution in [2.45, 2.75) is 70.3 Å². The lowest BCUT2D eigenvalue weighted by molar-refractivity contribution is -0.176. The van der Waals surface area contributed by atoms with Gasteiger partial charge in [0.15, 0.2) is 16.4 Å². The minimum atomic E-state index is -3.08. The second-order valence-electron chi connectivity index (χ2n) is 11.5. The standard InChI is InChI=1S/C26H35NO5S/c1-17-4-5-21(8-18(17)2)25-10-19-9-20(11-25)13-26(12-19,16-25)24(29)32-14-23(28)27(3)22-6-7-33(30,31)15-22/h4-5,8,19-20,22H,6-7,9-16H2,1-3H3/t19-,20-,22-,25?,26?/m1/s1. The molecule has 33 heavy (non-hydrogen) atoms. The molecule has 0 radical (unpaired) electrons. The number of esters is 1. The first-order valence-corrected chi connectivity index (χ1v) is 14.0. The normalized spacial score (nSPS) is 36.0. The Morgan fingerprint density at radius 3 is 2.39 bits per heavy atom. The Morgan fingerprint density at radius 2 is 1.79 bits per heavy atom. The van der Waals surface area contributed by atoms with Crippen LogP contribution in [0.3, 0.4) is 0 Å². The molecular formula is C26H35NO5S.